The fraction of sp³-hybridized carbons (Fsp3) is 0.364. The van der Waals surface area contributed by atoms with E-state index in [2.05, 4.69) is 24.3 Å². The third kappa shape index (κ3) is 5.21. The Morgan fingerprint density at radius 1 is 1.11 bits per heavy atom. The lowest BCUT2D eigenvalue weighted by molar-refractivity contribution is -0.114. The molecule has 0 spiro atoms. The van der Waals surface area contributed by atoms with Gasteiger partial charge in [-0.25, -0.2) is 0 Å². The van der Waals surface area contributed by atoms with Crippen LogP contribution in [0.5, 0.6) is 0 Å². The normalized spacial score (nSPS) is 15.0. The number of Topliss-reactive ketones (excluding diaryl/α,β-unsaturated/α-hetero) is 1. The van der Waals surface area contributed by atoms with Crippen molar-refractivity contribution in [2.75, 3.05) is 18.8 Å². The van der Waals surface area contributed by atoms with Crippen LogP contribution in [-0.2, 0) is 11.3 Å². The molecule has 0 saturated carbocycles. The molecule has 1 heterocycles. The summed E-state index contributed by atoms with van der Waals surface area (Å²) in [5, 5.41) is 0. The van der Waals surface area contributed by atoms with Crippen molar-refractivity contribution in [2.24, 2.45) is 5.73 Å². The number of amides is 1. The molecule has 0 atom stereocenters. The zero-order valence-electron chi connectivity index (χ0n) is 15.7. The number of benzene rings is 2. The number of carbonyl (C=O) groups excluding carboxylic acids is 2. The van der Waals surface area contributed by atoms with Crippen LogP contribution >= 0.6 is 11.8 Å². The van der Waals surface area contributed by atoms with Gasteiger partial charge in [0, 0.05) is 30.1 Å². The van der Waals surface area contributed by atoms with Crippen molar-refractivity contribution in [3.63, 3.8) is 0 Å². The van der Waals surface area contributed by atoms with Gasteiger partial charge in [-0.05, 0) is 55.0 Å². The minimum atomic E-state index is 0.0782. The van der Waals surface area contributed by atoms with Crippen LogP contribution in [0.1, 0.15) is 47.2 Å². The molecule has 1 aliphatic heterocycles. The van der Waals surface area contributed by atoms with Crippen LogP contribution in [0.15, 0.2) is 53.4 Å². The summed E-state index contributed by atoms with van der Waals surface area (Å²) in [6, 6.07) is 16.1. The molecule has 1 amide bonds. The van der Waals surface area contributed by atoms with Gasteiger partial charge in [0.25, 0.3) is 5.91 Å². The quantitative estimate of drug-likeness (QED) is 0.771. The standard InChI is InChI=1S/C22H26N2O2S/c1-16(25)15-27-21-7-3-6-20(13-21)22(26)24-10-8-18(9-11-24)19-5-2-4-17(12-19)14-23/h2-7,12-13,18H,8-11,14-15,23H2,1H3. The van der Waals surface area contributed by atoms with E-state index in [-0.39, 0.29) is 11.7 Å². The second-order valence-corrected chi connectivity index (χ2v) is 8.08. The minimum Gasteiger partial charge on any atom is -0.339 e. The van der Waals surface area contributed by atoms with Crippen LogP contribution in [0.4, 0.5) is 0 Å². The Bertz CT molecular complexity index is 813. The summed E-state index contributed by atoms with van der Waals surface area (Å²) < 4.78 is 0. The number of thioether (sulfide) groups is 1. The Labute approximate surface area is 165 Å². The van der Waals surface area contributed by atoms with E-state index < -0.39 is 0 Å². The molecule has 2 aromatic carbocycles. The summed E-state index contributed by atoms with van der Waals surface area (Å²) in [5.41, 5.74) is 8.94. The van der Waals surface area contributed by atoms with Crippen molar-refractivity contribution in [2.45, 2.75) is 37.1 Å². The van der Waals surface area contributed by atoms with Crippen LogP contribution in [0.25, 0.3) is 0 Å². The predicted octanol–water partition coefficient (Wildman–Crippen LogP) is 3.85. The van der Waals surface area contributed by atoms with Crippen molar-refractivity contribution in [1.82, 2.24) is 4.90 Å². The molecule has 1 fully saturated rings. The van der Waals surface area contributed by atoms with E-state index >= 15 is 0 Å². The third-order valence-corrected chi connectivity index (χ3v) is 6.10. The maximum absolute atomic E-state index is 12.9. The van der Waals surface area contributed by atoms with E-state index in [0.29, 0.717) is 23.8 Å². The van der Waals surface area contributed by atoms with Gasteiger partial charge < -0.3 is 10.6 Å². The zero-order valence-corrected chi connectivity index (χ0v) is 16.5. The Kier molecular flexibility index (Phi) is 6.69. The highest BCUT2D eigenvalue weighted by Gasteiger charge is 2.24. The first-order chi connectivity index (χ1) is 13.1. The molecule has 0 aliphatic carbocycles. The second kappa shape index (κ2) is 9.20. The lowest BCUT2D eigenvalue weighted by Gasteiger charge is -2.32. The molecule has 27 heavy (non-hydrogen) atoms. The third-order valence-electron chi connectivity index (χ3n) is 4.96. The Hall–Kier alpha value is -2.11. The van der Waals surface area contributed by atoms with Crippen LogP contribution in [0.3, 0.4) is 0 Å². The average Bonchev–Trinajstić information content (AvgIpc) is 2.72. The first-order valence-corrected chi connectivity index (χ1v) is 10.4. The number of carbonyl (C=O) groups is 2. The van der Waals surface area contributed by atoms with Crippen molar-refractivity contribution in [3.8, 4) is 0 Å². The number of hydrogen-bond acceptors (Lipinski definition) is 4. The highest BCUT2D eigenvalue weighted by Crippen LogP contribution is 2.29. The summed E-state index contributed by atoms with van der Waals surface area (Å²) in [5.74, 6) is 1.13. The summed E-state index contributed by atoms with van der Waals surface area (Å²) >= 11 is 1.48. The van der Waals surface area contributed by atoms with Crippen LogP contribution in [-0.4, -0.2) is 35.4 Å². The molecule has 4 nitrogen and oxygen atoms in total. The first-order valence-electron chi connectivity index (χ1n) is 9.37. The molecule has 0 bridgehead atoms. The van der Waals surface area contributed by atoms with Crippen molar-refractivity contribution < 1.29 is 9.59 Å². The Balaban J connectivity index is 1.61. The molecular weight excluding hydrogens is 356 g/mol. The number of piperidine rings is 1. The van der Waals surface area contributed by atoms with Gasteiger partial charge in [-0.2, -0.15) is 0 Å². The molecule has 1 saturated heterocycles. The topological polar surface area (TPSA) is 63.4 Å². The summed E-state index contributed by atoms with van der Waals surface area (Å²) in [7, 11) is 0. The van der Waals surface area contributed by atoms with Crippen LogP contribution in [0.2, 0.25) is 0 Å². The highest BCUT2D eigenvalue weighted by atomic mass is 32.2. The molecule has 2 aromatic rings. The lowest BCUT2D eigenvalue weighted by atomic mass is 9.88. The summed E-state index contributed by atoms with van der Waals surface area (Å²) in [4.78, 5) is 26.9. The van der Waals surface area contributed by atoms with Gasteiger partial charge in [0.2, 0.25) is 0 Å². The fourth-order valence-electron chi connectivity index (χ4n) is 3.48. The molecule has 0 radical (unpaired) electrons. The molecule has 0 unspecified atom stereocenters. The maximum Gasteiger partial charge on any atom is 0.253 e. The number of likely N-dealkylation sites (tertiary alicyclic amines) is 1. The van der Waals surface area contributed by atoms with E-state index in [9.17, 15) is 9.59 Å². The van der Waals surface area contributed by atoms with Gasteiger partial charge in [0.1, 0.15) is 5.78 Å². The van der Waals surface area contributed by atoms with E-state index in [1.54, 1.807) is 6.92 Å². The molecule has 142 valence electrons. The molecule has 0 aromatic heterocycles. The number of nitrogens with two attached hydrogens (primary N) is 1. The Morgan fingerprint density at radius 3 is 2.56 bits per heavy atom. The van der Waals surface area contributed by atoms with Crippen LogP contribution < -0.4 is 5.73 Å². The molecule has 2 N–H and O–H groups in total. The number of rotatable bonds is 6. The monoisotopic (exact) mass is 382 g/mol. The van der Waals surface area contributed by atoms with Gasteiger partial charge in [-0.3, -0.25) is 9.59 Å². The number of hydrogen-bond donors (Lipinski definition) is 1. The van der Waals surface area contributed by atoms with E-state index in [0.717, 1.165) is 36.4 Å². The molecular formula is C22H26N2O2S. The number of ketones is 1. The Morgan fingerprint density at radius 2 is 1.85 bits per heavy atom. The van der Waals surface area contributed by atoms with E-state index in [4.69, 9.17) is 5.73 Å². The second-order valence-electron chi connectivity index (χ2n) is 7.03. The lowest BCUT2D eigenvalue weighted by Crippen LogP contribution is -2.37. The van der Waals surface area contributed by atoms with Gasteiger partial charge in [0.05, 0.1) is 5.75 Å². The number of nitrogens with zero attached hydrogens (tertiary/aromatic N) is 1. The molecule has 1 aliphatic rings. The summed E-state index contributed by atoms with van der Waals surface area (Å²) in [6.45, 7) is 3.67. The maximum atomic E-state index is 12.9. The molecule has 3 rings (SSSR count). The van der Waals surface area contributed by atoms with Crippen molar-refractivity contribution in [3.05, 3.63) is 65.2 Å². The molecule has 5 heteroatoms. The van der Waals surface area contributed by atoms with Gasteiger partial charge in [0.15, 0.2) is 0 Å². The van der Waals surface area contributed by atoms with Crippen molar-refractivity contribution >= 4 is 23.5 Å². The highest BCUT2D eigenvalue weighted by molar-refractivity contribution is 8.00. The van der Waals surface area contributed by atoms with E-state index in [1.807, 2.05) is 29.2 Å². The SMILES string of the molecule is CC(=O)CSc1cccc(C(=O)N2CCC(c3cccc(CN)c3)CC2)c1. The van der Waals surface area contributed by atoms with Gasteiger partial charge >= 0.3 is 0 Å². The first kappa shape index (κ1) is 19.6. The predicted molar refractivity (Wildman–Crippen MR) is 110 cm³/mol. The van der Waals surface area contributed by atoms with Crippen molar-refractivity contribution in [1.29, 1.82) is 0 Å². The van der Waals surface area contributed by atoms with Crippen LogP contribution in [0, 0.1) is 0 Å². The smallest absolute Gasteiger partial charge is 0.253 e. The van der Waals surface area contributed by atoms with Gasteiger partial charge in [-0.15, -0.1) is 11.8 Å². The summed E-state index contributed by atoms with van der Waals surface area (Å²) in [6.07, 6.45) is 1.94. The largest absolute Gasteiger partial charge is 0.339 e. The fourth-order valence-corrected chi connectivity index (χ4v) is 4.23. The zero-order chi connectivity index (χ0) is 19.2. The van der Waals surface area contributed by atoms with Gasteiger partial charge in [-0.1, -0.05) is 30.3 Å². The van der Waals surface area contributed by atoms with E-state index in [1.165, 1.54) is 17.3 Å². The minimum absolute atomic E-state index is 0.0782. The average molecular weight is 383 g/mol.